The monoisotopic (exact) mass is 193 g/mol. The van der Waals surface area contributed by atoms with Crippen molar-refractivity contribution < 1.29 is 4.79 Å². The van der Waals surface area contributed by atoms with Crippen LogP contribution in [0.2, 0.25) is 0 Å². The van der Waals surface area contributed by atoms with Gasteiger partial charge in [0.25, 0.3) is 0 Å². The highest BCUT2D eigenvalue weighted by Crippen LogP contribution is 1.91. The Hall–Kier alpha value is -1.58. The SMILES string of the molecule is C=CCCC(=O)NCCc1ncc[nH]1. The minimum atomic E-state index is 0.0662. The van der Waals surface area contributed by atoms with Crippen LogP contribution in [-0.2, 0) is 11.2 Å². The summed E-state index contributed by atoms with van der Waals surface area (Å²) < 4.78 is 0. The van der Waals surface area contributed by atoms with Crippen LogP contribution in [0.25, 0.3) is 0 Å². The second-order valence-electron chi connectivity index (χ2n) is 2.96. The van der Waals surface area contributed by atoms with Crippen LogP contribution >= 0.6 is 0 Å². The summed E-state index contributed by atoms with van der Waals surface area (Å²) in [7, 11) is 0. The van der Waals surface area contributed by atoms with Crippen LogP contribution in [0.3, 0.4) is 0 Å². The van der Waals surface area contributed by atoms with E-state index in [0.29, 0.717) is 13.0 Å². The molecule has 1 aromatic heterocycles. The van der Waals surface area contributed by atoms with Gasteiger partial charge in [-0.2, -0.15) is 0 Å². The molecule has 4 nitrogen and oxygen atoms in total. The molecule has 0 aliphatic rings. The molecule has 0 unspecified atom stereocenters. The number of carbonyl (C=O) groups is 1. The number of hydrogen-bond acceptors (Lipinski definition) is 2. The molecule has 14 heavy (non-hydrogen) atoms. The molecule has 1 rings (SSSR count). The van der Waals surface area contributed by atoms with E-state index in [0.717, 1.165) is 18.7 Å². The molecule has 0 aliphatic carbocycles. The largest absolute Gasteiger partial charge is 0.356 e. The molecule has 1 heterocycles. The summed E-state index contributed by atoms with van der Waals surface area (Å²) in [5.41, 5.74) is 0. The van der Waals surface area contributed by atoms with Gasteiger partial charge in [-0.15, -0.1) is 6.58 Å². The number of allylic oxidation sites excluding steroid dienone is 1. The Morgan fingerprint density at radius 1 is 1.71 bits per heavy atom. The molecule has 0 radical (unpaired) electrons. The maximum absolute atomic E-state index is 11.1. The van der Waals surface area contributed by atoms with Crippen molar-refractivity contribution in [1.29, 1.82) is 0 Å². The standard InChI is InChI=1S/C10H15N3O/c1-2-3-4-10(14)13-6-5-9-11-7-8-12-9/h2,7-8H,1,3-6H2,(H,11,12)(H,13,14). The minimum Gasteiger partial charge on any atom is -0.356 e. The predicted molar refractivity (Wildman–Crippen MR) is 54.7 cm³/mol. The fraction of sp³-hybridized carbons (Fsp3) is 0.400. The van der Waals surface area contributed by atoms with Crippen molar-refractivity contribution in [3.05, 3.63) is 30.9 Å². The molecule has 0 aliphatic heterocycles. The number of H-pyrrole nitrogens is 1. The summed E-state index contributed by atoms with van der Waals surface area (Å²) in [4.78, 5) is 18.2. The van der Waals surface area contributed by atoms with Crippen molar-refractivity contribution in [2.45, 2.75) is 19.3 Å². The Balaban J connectivity index is 2.09. The lowest BCUT2D eigenvalue weighted by atomic mass is 10.3. The third-order valence-electron chi connectivity index (χ3n) is 1.81. The number of amides is 1. The summed E-state index contributed by atoms with van der Waals surface area (Å²) in [6, 6.07) is 0. The number of imidazole rings is 1. The summed E-state index contributed by atoms with van der Waals surface area (Å²) >= 11 is 0. The Morgan fingerprint density at radius 3 is 3.21 bits per heavy atom. The van der Waals surface area contributed by atoms with Crippen LogP contribution in [0, 0.1) is 0 Å². The first-order valence-electron chi connectivity index (χ1n) is 4.69. The molecule has 0 fully saturated rings. The van der Waals surface area contributed by atoms with E-state index in [2.05, 4.69) is 21.9 Å². The minimum absolute atomic E-state index is 0.0662. The molecule has 0 spiro atoms. The fourth-order valence-corrected chi connectivity index (χ4v) is 1.08. The molecule has 4 heteroatoms. The summed E-state index contributed by atoms with van der Waals surface area (Å²) in [5, 5.41) is 2.81. The van der Waals surface area contributed by atoms with E-state index >= 15 is 0 Å². The Kier molecular flexibility index (Phi) is 4.47. The van der Waals surface area contributed by atoms with Crippen LogP contribution in [0.15, 0.2) is 25.0 Å². The zero-order valence-corrected chi connectivity index (χ0v) is 8.12. The van der Waals surface area contributed by atoms with Crippen LogP contribution in [0.4, 0.5) is 0 Å². The molecule has 76 valence electrons. The Bertz CT molecular complexity index is 280. The number of carbonyl (C=O) groups excluding carboxylic acids is 1. The number of rotatable bonds is 6. The van der Waals surface area contributed by atoms with Gasteiger partial charge in [-0.3, -0.25) is 4.79 Å². The maximum atomic E-state index is 11.1. The van der Waals surface area contributed by atoms with Crippen molar-refractivity contribution in [3.63, 3.8) is 0 Å². The van der Waals surface area contributed by atoms with E-state index in [1.54, 1.807) is 18.5 Å². The van der Waals surface area contributed by atoms with Crippen molar-refractivity contribution in [3.8, 4) is 0 Å². The van der Waals surface area contributed by atoms with E-state index in [-0.39, 0.29) is 5.91 Å². The molecule has 1 aromatic rings. The van der Waals surface area contributed by atoms with Crippen molar-refractivity contribution in [2.75, 3.05) is 6.54 Å². The average molecular weight is 193 g/mol. The summed E-state index contributed by atoms with van der Waals surface area (Å²) in [5.74, 6) is 0.963. The lowest BCUT2D eigenvalue weighted by Gasteiger charge is -2.01. The Morgan fingerprint density at radius 2 is 2.57 bits per heavy atom. The van der Waals surface area contributed by atoms with Gasteiger partial charge in [0.2, 0.25) is 5.91 Å². The number of aromatic amines is 1. The smallest absolute Gasteiger partial charge is 0.220 e. The topological polar surface area (TPSA) is 57.8 Å². The van der Waals surface area contributed by atoms with E-state index in [4.69, 9.17) is 0 Å². The number of aromatic nitrogens is 2. The highest BCUT2D eigenvalue weighted by molar-refractivity contribution is 5.75. The third kappa shape index (κ3) is 3.89. The van der Waals surface area contributed by atoms with Gasteiger partial charge in [-0.1, -0.05) is 6.08 Å². The first-order valence-corrected chi connectivity index (χ1v) is 4.69. The number of nitrogens with one attached hydrogen (secondary N) is 2. The van der Waals surface area contributed by atoms with Crippen molar-refractivity contribution in [2.24, 2.45) is 0 Å². The lowest BCUT2D eigenvalue weighted by molar-refractivity contribution is -0.120. The predicted octanol–water partition coefficient (Wildman–Crippen LogP) is 1.03. The molecule has 0 saturated carbocycles. The van der Waals surface area contributed by atoms with E-state index in [1.165, 1.54) is 0 Å². The molecule has 0 aromatic carbocycles. The van der Waals surface area contributed by atoms with Gasteiger partial charge >= 0.3 is 0 Å². The van der Waals surface area contributed by atoms with Crippen molar-refractivity contribution >= 4 is 5.91 Å². The lowest BCUT2D eigenvalue weighted by Crippen LogP contribution is -2.25. The summed E-state index contributed by atoms with van der Waals surface area (Å²) in [6.07, 6.45) is 7.21. The van der Waals surface area contributed by atoms with Gasteiger partial charge in [0.1, 0.15) is 5.82 Å². The van der Waals surface area contributed by atoms with Gasteiger partial charge in [0.15, 0.2) is 0 Å². The molecule has 2 N–H and O–H groups in total. The van der Waals surface area contributed by atoms with Crippen LogP contribution in [-0.4, -0.2) is 22.4 Å². The fourth-order valence-electron chi connectivity index (χ4n) is 1.08. The van der Waals surface area contributed by atoms with Gasteiger partial charge in [-0.25, -0.2) is 4.98 Å². The third-order valence-corrected chi connectivity index (χ3v) is 1.81. The van der Waals surface area contributed by atoms with E-state index < -0.39 is 0 Å². The highest BCUT2D eigenvalue weighted by atomic mass is 16.1. The molecule has 0 bridgehead atoms. The van der Waals surface area contributed by atoms with E-state index in [9.17, 15) is 4.79 Å². The number of hydrogen-bond donors (Lipinski definition) is 2. The van der Waals surface area contributed by atoms with Gasteiger partial charge in [-0.05, 0) is 6.42 Å². The quantitative estimate of drug-likeness (QED) is 0.663. The van der Waals surface area contributed by atoms with Crippen molar-refractivity contribution in [1.82, 2.24) is 15.3 Å². The number of nitrogens with zero attached hydrogens (tertiary/aromatic N) is 1. The molecule has 0 atom stereocenters. The first kappa shape index (κ1) is 10.5. The van der Waals surface area contributed by atoms with Gasteiger partial charge < -0.3 is 10.3 Å². The average Bonchev–Trinajstić information content (AvgIpc) is 2.67. The van der Waals surface area contributed by atoms with Crippen LogP contribution in [0.1, 0.15) is 18.7 Å². The molecule has 1 amide bonds. The molecular weight excluding hydrogens is 178 g/mol. The van der Waals surface area contributed by atoms with Crippen LogP contribution in [0.5, 0.6) is 0 Å². The second kappa shape index (κ2) is 5.96. The molecular formula is C10H15N3O. The maximum Gasteiger partial charge on any atom is 0.220 e. The Labute approximate surface area is 83.4 Å². The first-order chi connectivity index (χ1) is 6.83. The second-order valence-corrected chi connectivity index (χ2v) is 2.96. The summed E-state index contributed by atoms with van der Waals surface area (Å²) in [6.45, 7) is 4.19. The normalized spacial score (nSPS) is 9.71. The van der Waals surface area contributed by atoms with Gasteiger partial charge in [0.05, 0.1) is 0 Å². The zero-order valence-electron chi connectivity index (χ0n) is 8.12. The highest BCUT2D eigenvalue weighted by Gasteiger charge is 1.99. The van der Waals surface area contributed by atoms with Crippen LogP contribution < -0.4 is 5.32 Å². The molecule has 0 saturated heterocycles. The van der Waals surface area contributed by atoms with E-state index in [1.807, 2.05) is 0 Å². The van der Waals surface area contributed by atoms with Gasteiger partial charge in [0, 0.05) is 31.8 Å². The zero-order chi connectivity index (χ0) is 10.2.